The van der Waals surface area contributed by atoms with Crippen LogP contribution in [0.2, 0.25) is 5.02 Å². The van der Waals surface area contributed by atoms with Gasteiger partial charge in [-0.25, -0.2) is 0 Å². The number of unbranched alkanes of at least 4 members (excludes halogenated alkanes) is 2. The molecular formula is C14H22ClN3O2. The lowest BCUT2D eigenvalue weighted by Crippen LogP contribution is -2.30. The van der Waals surface area contributed by atoms with E-state index in [1.54, 1.807) is 18.2 Å². The first kappa shape index (κ1) is 16.8. The number of carbonyl (C=O) groups is 1. The molecule has 1 amide bonds. The van der Waals surface area contributed by atoms with Crippen LogP contribution in [0.15, 0.2) is 18.2 Å². The number of aliphatic hydroxyl groups is 1. The number of rotatable bonds is 8. The number of nitrogens with two attached hydrogens (primary N) is 1. The molecule has 0 aliphatic rings. The highest BCUT2D eigenvalue weighted by molar-refractivity contribution is 6.33. The van der Waals surface area contributed by atoms with E-state index in [1.165, 1.54) is 0 Å². The topological polar surface area (TPSA) is 78.6 Å². The summed E-state index contributed by atoms with van der Waals surface area (Å²) in [5.41, 5.74) is 6.77. The minimum Gasteiger partial charge on any atom is -0.397 e. The van der Waals surface area contributed by atoms with E-state index in [0.29, 0.717) is 22.9 Å². The van der Waals surface area contributed by atoms with Crippen molar-refractivity contribution in [3.8, 4) is 0 Å². The van der Waals surface area contributed by atoms with Crippen LogP contribution in [0.3, 0.4) is 0 Å². The van der Waals surface area contributed by atoms with Gasteiger partial charge in [0.1, 0.15) is 0 Å². The molecular weight excluding hydrogens is 278 g/mol. The van der Waals surface area contributed by atoms with Gasteiger partial charge < -0.3 is 16.2 Å². The van der Waals surface area contributed by atoms with Gasteiger partial charge in [-0.3, -0.25) is 9.69 Å². The minimum atomic E-state index is -0.0867. The number of nitrogens with one attached hydrogen (secondary N) is 1. The van der Waals surface area contributed by atoms with Crippen LogP contribution >= 0.6 is 11.6 Å². The Bertz CT molecular complexity index is 440. The molecule has 5 nitrogen and oxygen atoms in total. The fourth-order valence-corrected chi connectivity index (χ4v) is 1.93. The Labute approximate surface area is 124 Å². The van der Waals surface area contributed by atoms with Gasteiger partial charge in [-0.15, -0.1) is 0 Å². The molecule has 0 aliphatic carbocycles. The molecule has 0 aromatic heterocycles. The van der Waals surface area contributed by atoms with Crippen LogP contribution in [0.4, 0.5) is 11.4 Å². The van der Waals surface area contributed by atoms with Crippen molar-refractivity contribution in [2.24, 2.45) is 0 Å². The highest BCUT2D eigenvalue weighted by atomic mass is 35.5. The fourth-order valence-electron chi connectivity index (χ4n) is 1.82. The molecule has 0 atom stereocenters. The first-order chi connectivity index (χ1) is 9.52. The summed E-state index contributed by atoms with van der Waals surface area (Å²) in [4.78, 5) is 13.8. The van der Waals surface area contributed by atoms with E-state index in [-0.39, 0.29) is 12.5 Å². The predicted octanol–water partition coefficient (Wildman–Crippen LogP) is 1.96. The molecule has 0 radical (unpaired) electrons. The van der Waals surface area contributed by atoms with Gasteiger partial charge in [-0.1, -0.05) is 11.6 Å². The van der Waals surface area contributed by atoms with E-state index in [4.69, 9.17) is 22.4 Å². The Morgan fingerprint density at radius 2 is 2.15 bits per heavy atom. The number of likely N-dealkylation sites (N-methyl/N-ethyl adjacent to an activating group) is 1. The van der Waals surface area contributed by atoms with Crippen LogP contribution in [0.25, 0.3) is 0 Å². The van der Waals surface area contributed by atoms with Crippen molar-refractivity contribution in [3.63, 3.8) is 0 Å². The molecule has 112 valence electrons. The minimum absolute atomic E-state index is 0.0867. The van der Waals surface area contributed by atoms with Gasteiger partial charge >= 0.3 is 0 Å². The molecule has 0 saturated carbocycles. The van der Waals surface area contributed by atoms with Gasteiger partial charge in [-0.05, 0) is 51.1 Å². The Balaban J connectivity index is 2.33. The predicted molar refractivity (Wildman–Crippen MR) is 82.9 cm³/mol. The lowest BCUT2D eigenvalue weighted by atomic mass is 10.2. The van der Waals surface area contributed by atoms with Crippen LogP contribution in [0.5, 0.6) is 0 Å². The third-order valence-corrected chi connectivity index (χ3v) is 3.24. The summed E-state index contributed by atoms with van der Waals surface area (Å²) >= 11 is 5.82. The van der Waals surface area contributed by atoms with E-state index in [1.807, 2.05) is 11.9 Å². The third kappa shape index (κ3) is 6.23. The van der Waals surface area contributed by atoms with E-state index >= 15 is 0 Å². The lowest BCUT2D eigenvalue weighted by molar-refractivity contribution is -0.117. The van der Waals surface area contributed by atoms with Crippen molar-refractivity contribution in [1.82, 2.24) is 4.90 Å². The highest BCUT2D eigenvalue weighted by Gasteiger charge is 2.07. The zero-order valence-corrected chi connectivity index (χ0v) is 12.5. The zero-order valence-electron chi connectivity index (χ0n) is 11.7. The summed E-state index contributed by atoms with van der Waals surface area (Å²) < 4.78 is 0. The Morgan fingerprint density at radius 3 is 2.80 bits per heavy atom. The molecule has 0 bridgehead atoms. The molecule has 0 aliphatic heterocycles. The monoisotopic (exact) mass is 299 g/mol. The number of aliphatic hydroxyl groups excluding tert-OH is 1. The van der Waals surface area contributed by atoms with Crippen LogP contribution in [-0.2, 0) is 4.79 Å². The number of hydrogen-bond donors (Lipinski definition) is 3. The quantitative estimate of drug-likeness (QED) is 0.506. The molecule has 0 heterocycles. The van der Waals surface area contributed by atoms with Crippen LogP contribution < -0.4 is 11.1 Å². The molecule has 0 fully saturated rings. The van der Waals surface area contributed by atoms with Crippen LogP contribution in [-0.4, -0.2) is 42.7 Å². The highest BCUT2D eigenvalue weighted by Crippen LogP contribution is 2.22. The maximum Gasteiger partial charge on any atom is 0.238 e. The average molecular weight is 300 g/mol. The number of carbonyl (C=O) groups excluding carboxylic acids is 1. The third-order valence-electron chi connectivity index (χ3n) is 2.89. The maximum absolute atomic E-state index is 11.8. The molecule has 1 rings (SSSR count). The number of amides is 1. The molecule has 0 spiro atoms. The van der Waals surface area contributed by atoms with Gasteiger partial charge in [-0.2, -0.15) is 0 Å². The zero-order chi connectivity index (χ0) is 15.0. The van der Waals surface area contributed by atoms with Crippen LogP contribution in [0.1, 0.15) is 19.3 Å². The van der Waals surface area contributed by atoms with Crippen molar-refractivity contribution < 1.29 is 9.90 Å². The van der Waals surface area contributed by atoms with Gasteiger partial charge in [0.25, 0.3) is 0 Å². The SMILES string of the molecule is CN(CCCCCO)CC(=O)Nc1ccc(Cl)c(N)c1. The summed E-state index contributed by atoms with van der Waals surface area (Å²) in [6.07, 6.45) is 2.75. The van der Waals surface area contributed by atoms with Gasteiger partial charge in [0.05, 0.1) is 17.3 Å². The van der Waals surface area contributed by atoms with Crippen molar-refractivity contribution in [2.75, 3.05) is 37.8 Å². The van der Waals surface area contributed by atoms with Gasteiger partial charge in [0, 0.05) is 12.3 Å². The summed E-state index contributed by atoms with van der Waals surface area (Å²) in [5.74, 6) is -0.0867. The van der Waals surface area contributed by atoms with Crippen molar-refractivity contribution in [1.29, 1.82) is 0 Å². The standard InChI is InChI=1S/C14H22ClN3O2/c1-18(7-3-2-4-8-19)10-14(20)17-11-5-6-12(15)13(16)9-11/h5-6,9,19H,2-4,7-8,10,16H2,1H3,(H,17,20). The van der Waals surface area contributed by atoms with Crippen LogP contribution in [0, 0.1) is 0 Å². The second-order valence-electron chi connectivity index (χ2n) is 4.81. The molecule has 0 saturated heterocycles. The normalized spacial score (nSPS) is 10.8. The maximum atomic E-state index is 11.8. The number of benzene rings is 1. The Kier molecular flexibility index (Phi) is 7.36. The number of nitrogens with zero attached hydrogens (tertiary/aromatic N) is 1. The molecule has 1 aromatic rings. The van der Waals surface area contributed by atoms with Crippen molar-refractivity contribution in [3.05, 3.63) is 23.2 Å². The van der Waals surface area contributed by atoms with Gasteiger partial charge in [0.15, 0.2) is 0 Å². The summed E-state index contributed by atoms with van der Waals surface area (Å²) in [7, 11) is 1.90. The van der Waals surface area contributed by atoms with Crippen molar-refractivity contribution in [2.45, 2.75) is 19.3 Å². The first-order valence-electron chi connectivity index (χ1n) is 6.67. The number of hydrogen-bond acceptors (Lipinski definition) is 4. The molecule has 6 heteroatoms. The number of anilines is 2. The summed E-state index contributed by atoms with van der Waals surface area (Å²) in [6.45, 7) is 1.38. The van der Waals surface area contributed by atoms with E-state index in [9.17, 15) is 4.79 Å². The van der Waals surface area contributed by atoms with Crippen molar-refractivity contribution >= 4 is 28.9 Å². The van der Waals surface area contributed by atoms with E-state index in [0.717, 1.165) is 25.8 Å². The number of nitrogen functional groups attached to an aromatic ring is 1. The molecule has 4 N–H and O–H groups in total. The smallest absolute Gasteiger partial charge is 0.238 e. The second-order valence-corrected chi connectivity index (χ2v) is 5.21. The van der Waals surface area contributed by atoms with Gasteiger partial charge in [0.2, 0.25) is 5.91 Å². The lowest BCUT2D eigenvalue weighted by Gasteiger charge is -2.16. The second kappa shape index (κ2) is 8.79. The first-order valence-corrected chi connectivity index (χ1v) is 7.05. The summed E-state index contributed by atoms with van der Waals surface area (Å²) in [6, 6.07) is 5.02. The largest absolute Gasteiger partial charge is 0.397 e. The molecule has 20 heavy (non-hydrogen) atoms. The molecule has 1 aromatic carbocycles. The Morgan fingerprint density at radius 1 is 1.40 bits per heavy atom. The molecule has 0 unspecified atom stereocenters. The average Bonchev–Trinajstić information content (AvgIpc) is 2.39. The number of halogens is 1. The fraction of sp³-hybridized carbons (Fsp3) is 0.500. The van der Waals surface area contributed by atoms with E-state index in [2.05, 4.69) is 5.32 Å². The van der Waals surface area contributed by atoms with E-state index < -0.39 is 0 Å². The summed E-state index contributed by atoms with van der Waals surface area (Å²) in [5, 5.41) is 11.9. The Hall–Kier alpha value is -1.30.